The molecule has 2 aromatic carbocycles. The lowest BCUT2D eigenvalue weighted by Gasteiger charge is -2.23. The fraction of sp³-hybridized carbons (Fsp3) is 0.346. The van der Waals surface area contributed by atoms with Gasteiger partial charge in [-0.1, -0.05) is 60.7 Å². The summed E-state index contributed by atoms with van der Waals surface area (Å²) in [7, 11) is 0. The number of carbonyl (C=O) groups excluding carboxylic acids is 2. The standard InChI is InChI=1S/C26H28N2O5S/c1-34-13-12-28(15-24(29)30)25(31)17-10-11-18(14-17)27-26(32)33-16-23-21-8-4-2-6-19(21)20-7-3-5-9-22(20)23/h2-11,17-18,23H,12-16H2,1H3,(H,27,32)(H,29,30). The zero-order valence-electron chi connectivity index (χ0n) is 19.0. The highest BCUT2D eigenvalue weighted by molar-refractivity contribution is 7.98. The van der Waals surface area contributed by atoms with Gasteiger partial charge in [-0.2, -0.15) is 11.8 Å². The number of rotatable bonds is 9. The minimum Gasteiger partial charge on any atom is -0.480 e. The van der Waals surface area contributed by atoms with Crippen LogP contribution in [0.1, 0.15) is 23.5 Å². The van der Waals surface area contributed by atoms with Crippen LogP contribution in [0, 0.1) is 5.92 Å². The normalized spacial score (nSPS) is 18.3. The van der Waals surface area contributed by atoms with Crippen LogP contribution in [0.5, 0.6) is 0 Å². The van der Waals surface area contributed by atoms with E-state index in [1.54, 1.807) is 23.9 Å². The number of amides is 2. The van der Waals surface area contributed by atoms with Crippen LogP contribution in [-0.4, -0.2) is 65.7 Å². The van der Waals surface area contributed by atoms with E-state index in [4.69, 9.17) is 9.84 Å². The number of nitrogens with one attached hydrogen (secondary N) is 1. The van der Waals surface area contributed by atoms with Crippen LogP contribution >= 0.6 is 11.8 Å². The fourth-order valence-corrected chi connectivity index (χ4v) is 5.05. The first-order chi connectivity index (χ1) is 16.5. The minimum absolute atomic E-state index is 0.0207. The van der Waals surface area contributed by atoms with Gasteiger partial charge in [0.2, 0.25) is 5.91 Å². The summed E-state index contributed by atoms with van der Waals surface area (Å²) >= 11 is 1.55. The first-order valence-electron chi connectivity index (χ1n) is 11.3. The molecule has 7 nitrogen and oxygen atoms in total. The van der Waals surface area contributed by atoms with E-state index in [0.29, 0.717) is 18.7 Å². The molecule has 0 aromatic heterocycles. The average Bonchev–Trinajstić information content (AvgIpc) is 3.42. The number of carbonyl (C=O) groups is 3. The van der Waals surface area contributed by atoms with Gasteiger partial charge in [-0.25, -0.2) is 4.79 Å². The summed E-state index contributed by atoms with van der Waals surface area (Å²) in [5.41, 5.74) is 4.62. The third kappa shape index (κ3) is 5.28. The van der Waals surface area contributed by atoms with Crippen molar-refractivity contribution < 1.29 is 24.2 Å². The van der Waals surface area contributed by atoms with Crippen LogP contribution in [0.25, 0.3) is 11.1 Å². The Morgan fingerprint density at radius 2 is 1.71 bits per heavy atom. The monoisotopic (exact) mass is 480 g/mol. The summed E-state index contributed by atoms with van der Waals surface area (Å²) in [6.07, 6.45) is 5.28. The number of carboxylic acid groups (broad SMARTS) is 1. The number of hydrogen-bond acceptors (Lipinski definition) is 5. The van der Waals surface area contributed by atoms with E-state index in [9.17, 15) is 14.4 Å². The third-order valence-corrected chi connectivity index (χ3v) is 6.84. The number of nitrogens with zero attached hydrogens (tertiary/aromatic N) is 1. The van der Waals surface area contributed by atoms with Crippen LogP contribution in [0.15, 0.2) is 60.7 Å². The highest BCUT2D eigenvalue weighted by Crippen LogP contribution is 2.44. The van der Waals surface area contributed by atoms with Gasteiger partial charge in [0, 0.05) is 18.2 Å². The third-order valence-electron chi connectivity index (χ3n) is 6.25. The highest BCUT2D eigenvalue weighted by atomic mass is 32.2. The van der Waals surface area contributed by atoms with Crippen molar-refractivity contribution >= 4 is 29.7 Å². The molecule has 2 aliphatic carbocycles. The molecule has 0 bridgehead atoms. The van der Waals surface area contributed by atoms with Gasteiger partial charge in [0.05, 0.1) is 12.0 Å². The largest absolute Gasteiger partial charge is 0.480 e. The quantitative estimate of drug-likeness (QED) is 0.531. The van der Waals surface area contributed by atoms with E-state index >= 15 is 0 Å². The van der Waals surface area contributed by atoms with Crippen molar-refractivity contribution in [2.45, 2.75) is 18.4 Å². The maximum Gasteiger partial charge on any atom is 0.407 e. The second-order valence-corrected chi connectivity index (χ2v) is 9.44. The number of aliphatic carboxylic acids is 1. The van der Waals surface area contributed by atoms with Gasteiger partial charge >= 0.3 is 12.1 Å². The Labute approximate surface area is 203 Å². The summed E-state index contributed by atoms with van der Waals surface area (Å²) in [6.45, 7) is 0.273. The summed E-state index contributed by atoms with van der Waals surface area (Å²) in [5, 5.41) is 11.9. The van der Waals surface area contributed by atoms with Crippen molar-refractivity contribution in [3.8, 4) is 11.1 Å². The van der Waals surface area contributed by atoms with Gasteiger partial charge in [-0.3, -0.25) is 9.59 Å². The lowest BCUT2D eigenvalue weighted by atomic mass is 9.98. The molecular weight excluding hydrogens is 452 g/mol. The Kier molecular flexibility index (Phi) is 7.57. The molecule has 0 saturated carbocycles. The first-order valence-corrected chi connectivity index (χ1v) is 12.7. The molecule has 2 aliphatic rings. The molecule has 8 heteroatoms. The summed E-state index contributed by atoms with van der Waals surface area (Å²) in [5.74, 6) is -1.08. The van der Waals surface area contributed by atoms with E-state index in [1.165, 1.54) is 16.0 Å². The van der Waals surface area contributed by atoms with E-state index < -0.39 is 18.0 Å². The van der Waals surface area contributed by atoms with E-state index in [0.717, 1.165) is 11.1 Å². The molecule has 0 radical (unpaired) electrons. The SMILES string of the molecule is CSCCN(CC(=O)O)C(=O)C1C=CC(NC(=O)OCC2c3ccccc3-c3ccccc32)C1. The average molecular weight is 481 g/mol. The maximum atomic E-state index is 12.8. The molecule has 2 unspecified atom stereocenters. The molecule has 0 aliphatic heterocycles. The number of ether oxygens (including phenoxy) is 1. The van der Waals surface area contributed by atoms with Crippen LogP contribution in [0.4, 0.5) is 4.79 Å². The molecule has 2 atom stereocenters. The van der Waals surface area contributed by atoms with Gasteiger partial charge in [0.25, 0.3) is 0 Å². The van der Waals surface area contributed by atoms with Gasteiger partial charge in [-0.05, 0) is 34.9 Å². The van der Waals surface area contributed by atoms with Crippen molar-refractivity contribution in [3.05, 3.63) is 71.8 Å². The van der Waals surface area contributed by atoms with Gasteiger partial charge in [0.1, 0.15) is 13.2 Å². The number of thioether (sulfide) groups is 1. The number of carboxylic acids is 1. The topological polar surface area (TPSA) is 95.9 Å². The second kappa shape index (κ2) is 10.8. The summed E-state index contributed by atoms with van der Waals surface area (Å²) < 4.78 is 5.59. The van der Waals surface area contributed by atoms with E-state index in [-0.39, 0.29) is 31.0 Å². The summed E-state index contributed by atoms with van der Waals surface area (Å²) in [6, 6.07) is 16.0. The Balaban J connectivity index is 1.31. The molecule has 0 saturated heterocycles. The van der Waals surface area contributed by atoms with Crippen LogP contribution in [0.3, 0.4) is 0 Å². The van der Waals surface area contributed by atoms with Crippen molar-refractivity contribution in [1.29, 1.82) is 0 Å². The zero-order chi connectivity index (χ0) is 24.1. The highest BCUT2D eigenvalue weighted by Gasteiger charge is 2.32. The molecule has 34 heavy (non-hydrogen) atoms. The van der Waals surface area contributed by atoms with Crippen LogP contribution < -0.4 is 5.32 Å². The molecule has 178 valence electrons. The Morgan fingerprint density at radius 3 is 2.32 bits per heavy atom. The minimum atomic E-state index is -1.04. The molecule has 2 amide bonds. The van der Waals surface area contributed by atoms with Gasteiger partial charge in [-0.15, -0.1) is 0 Å². The van der Waals surface area contributed by atoms with Crippen molar-refractivity contribution in [2.75, 3.05) is 31.7 Å². The molecular formula is C26H28N2O5S. The first kappa shape index (κ1) is 23.9. The van der Waals surface area contributed by atoms with Crippen molar-refractivity contribution in [1.82, 2.24) is 10.2 Å². The van der Waals surface area contributed by atoms with Crippen molar-refractivity contribution in [3.63, 3.8) is 0 Å². The lowest BCUT2D eigenvalue weighted by molar-refractivity contribution is -0.145. The molecule has 0 spiro atoms. The second-order valence-electron chi connectivity index (χ2n) is 8.45. The number of benzene rings is 2. The molecule has 2 N–H and O–H groups in total. The van der Waals surface area contributed by atoms with Crippen molar-refractivity contribution in [2.24, 2.45) is 5.92 Å². The zero-order valence-corrected chi connectivity index (χ0v) is 19.8. The fourth-order valence-electron chi connectivity index (χ4n) is 4.65. The van der Waals surface area contributed by atoms with E-state index in [1.807, 2.05) is 30.5 Å². The summed E-state index contributed by atoms with van der Waals surface area (Å²) in [4.78, 5) is 37.9. The van der Waals surface area contributed by atoms with Crippen LogP contribution in [0.2, 0.25) is 0 Å². The molecule has 0 fully saturated rings. The molecule has 2 aromatic rings. The molecule has 0 heterocycles. The number of fused-ring (bicyclic) bond motifs is 3. The predicted molar refractivity (Wildman–Crippen MR) is 132 cm³/mol. The predicted octanol–water partition coefficient (Wildman–Crippen LogP) is 3.75. The van der Waals surface area contributed by atoms with Gasteiger partial charge in [0.15, 0.2) is 0 Å². The van der Waals surface area contributed by atoms with Gasteiger partial charge < -0.3 is 20.1 Å². The molecule has 4 rings (SSSR count). The van der Waals surface area contributed by atoms with Crippen LogP contribution in [-0.2, 0) is 14.3 Å². The Hall–Kier alpha value is -3.26. The Bertz CT molecular complexity index is 1060. The number of alkyl carbamates (subject to hydrolysis) is 1. The smallest absolute Gasteiger partial charge is 0.407 e. The maximum absolute atomic E-state index is 12.8. The van der Waals surface area contributed by atoms with E-state index in [2.05, 4.69) is 29.6 Å². The Morgan fingerprint density at radius 1 is 1.06 bits per heavy atom. The lowest BCUT2D eigenvalue weighted by Crippen LogP contribution is -2.41. The number of hydrogen-bond donors (Lipinski definition) is 2.